The molecule has 5 unspecified atom stereocenters. The number of hydrogen-bond donors (Lipinski definition) is 7. The number of carboxylic acid groups (broad SMARTS) is 2. The SMILES string of the molecule is CCC(C)C(N)C(=O)NC(CCSC)C(=O)NC(CC(=O)O)C(=O)NC(Cc1cnc[nH]1)C(=O)O. The number of nitrogens with two attached hydrogens (primary N) is 1. The van der Waals surface area contributed by atoms with E-state index in [2.05, 4.69) is 25.9 Å². The highest BCUT2D eigenvalue weighted by atomic mass is 32.2. The summed E-state index contributed by atoms with van der Waals surface area (Å²) in [6.45, 7) is 3.68. The van der Waals surface area contributed by atoms with Crippen LogP contribution in [0.2, 0.25) is 0 Å². The molecule has 1 aromatic rings. The highest BCUT2D eigenvalue weighted by molar-refractivity contribution is 7.98. The molecule has 0 saturated heterocycles. The number of hydrogen-bond acceptors (Lipinski definition) is 8. The maximum absolute atomic E-state index is 12.9. The number of nitrogens with one attached hydrogen (secondary N) is 4. The molecule has 0 radical (unpaired) electrons. The zero-order chi connectivity index (χ0) is 26.5. The second-order valence-corrected chi connectivity index (χ2v) is 9.08. The van der Waals surface area contributed by atoms with E-state index in [1.807, 2.05) is 13.2 Å². The molecule has 1 heterocycles. The fraction of sp³-hybridized carbons (Fsp3) is 0.619. The minimum absolute atomic E-state index is 0.130. The van der Waals surface area contributed by atoms with Gasteiger partial charge in [0.2, 0.25) is 17.7 Å². The topological polar surface area (TPSA) is 217 Å². The Morgan fingerprint density at radius 1 is 1.06 bits per heavy atom. The van der Waals surface area contributed by atoms with Crippen molar-refractivity contribution in [3.8, 4) is 0 Å². The normalized spacial score (nSPS) is 15.2. The van der Waals surface area contributed by atoms with Gasteiger partial charge in [-0.1, -0.05) is 20.3 Å². The summed E-state index contributed by atoms with van der Waals surface area (Å²) in [6.07, 6.45) is 4.50. The molecule has 14 heteroatoms. The molecule has 8 N–H and O–H groups in total. The van der Waals surface area contributed by atoms with Crippen LogP contribution in [-0.2, 0) is 30.4 Å². The van der Waals surface area contributed by atoms with Crippen molar-refractivity contribution in [1.29, 1.82) is 0 Å². The lowest BCUT2D eigenvalue weighted by atomic mass is 9.99. The monoisotopic (exact) mass is 514 g/mol. The van der Waals surface area contributed by atoms with Gasteiger partial charge in [0.1, 0.15) is 18.1 Å². The first-order chi connectivity index (χ1) is 16.5. The number of nitrogens with zero attached hydrogens (tertiary/aromatic N) is 1. The summed E-state index contributed by atoms with van der Waals surface area (Å²) in [5.41, 5.74) is 6.39. The van der Waals surface area contributed by atoms with E-state index in [0.29, 0.717) is 17.9 Å². The van der Waals surface area contributed by atoms with E-state index in [4.69, 9.17) is 5.73 Å². The number of carbonyl (C=O) groups excluding carboxylic acids is 3. The van der Waals surface area contributed by atoms with Gasteiger partial charge >= 0.3 is 11.9 Å². The van der Waals surface area contributed by atoms with Gasteiger partial charge in [-0.05, 0) is 24.3 Å². The Hall–Kier alpha value is -3.13. The van der Waals surface area contributed by atoms with Gasteiger partial charge in [-0.2, -0.15) is 11.8 Å². The Bertz CT molecular complexity index is 866. The fourth-order valence-corrected chi connectivity index (χ4v) is 3.50. The van der Waals surface area contributed by atoms with Crippen molar-refractivity contribution in [1.82, 2.24) is 25.9 Å². The number of amides is 3. The van der Waals surface area contributed by atoms with Crippen molar-refractivity contribution in [2.75, 3.05) is 12.0 Å². The van der Waals surface area contributed by atoms with Gasteiger partial charge in [0, 0.05) is 18.3 Å². The average Bonchev–Trinajstić information content (AvgIpc) is 3.32. The molecule has 0 aliphatic rings. The number of carbonyl (C=O) groups is 5. The maximum Gasteiger partial charge on any atom is 0.326 e. The van der Waals surface area contributed by atoms with Crippen molar-refractivity contribution in [2.45, 2.75) is 63.7 Å². The van der Waals surface area contributed by atoms with Gasteiger partial charge in [-0.15, -0.1) is 0 Å². The first-order valence-electron chi connectivity index (χ1n) is 11.1. The lowest BCUT2D eigenvalue weighted by Crippen LogP contribution is -2.58. The molecular formula is C21H34N6O7S. The van der Waals surface area contributed by atoms with E-state index >= 15 is 0 Å². The smallest absolute Gasteiger partial charge is 0.326 e. The Morgan fingerprint density at radius 2 is 1.66 bits per heavy atom. The third kappa shape index (κ3) is 10.3. The quantitative estimate of drug-likeness (QED) is 0.144. The van der Waals surface area contributed by atoms with Crippen LogP contribution in [0.1, 0.15) is 38.8 Å². The number of thioether (sulfide) groups is 1. The van der Waals surface area contributed by atoms with Crippen LogP contribution in [0.4, 0.5) is 0 Å². The maximum atomic E-state index is 12.9. The van der Waals surface area contributed by atoms with Crippen molar-refractivity contribution in [3.63, 3.8) is 0 Å². The van der Waals surface area contributed by atoms with E-state index in [9.17, 15) is 34.2 Å². The molecule has 0 aromatic carbocycles. The van der Waals surface area contributed by atoms with Gasteiger partial charge in [0.25, 0.3) is 0 Å². The summed E-state index contributed by atoms with van der Waals surface area (Å²) in [5.74, 6) is -4.66. The predicted molar refractivity (Wildman–Crippen MR) is 128 cm³/mol. The standard InChI is InChI=1S/C21H34N6O7S/c1-4-11(2)17(22)20(32)25-13(5-6-35-3)18(30)26-14(8-16(28)29)19(31)27-15(21(33)34)7-12-9-23-10-24-12/h9-11,13-15,17H,4-8,22H2,1-3H3,(H,23,24)(H,25,32)(H,26,30)(H,27,31)(H,28,29)(H,33,34). The summed E-state index contributed by atoms with van der Waals surface area (Å²) in [6, 6.07) is -4.87. The molecular weight excluding hydrogens is 480 g/mol. The molecule has 3 amide bonds. The van der Waals surface area contributed by atoms with Crippen LogP contribution in [0.15, 0.2) is 12.5 Å². The molecule has 35 heavy (non-hydrogen) atoms. The fourth-order valence-electron chi connectivity index (χ4n) is 3.03. The third-order valence-corrected chi connectivity index (χ3v) is 6.05. The second kappa shape index (κ2) is 15.0. The first kappa shape index (κ1) is 29.9. The zero-order valence-electron chi connectivity index (χ0n) is 19.9. The number of aromatic nitrogens is 2. The average molecular weight is 515 g/mol. The summed E-state index contributed by atoms with van der Waals surface area (Å²) in [7, 11) is 0. The molecule has 5 atom stereocenters. The number of carboxylic acids is 2. The highest BCUT2D eigenvalue weighted by Gasteiger charge is 2.32. The van der Waals surface area contributed by atoms with Crippen LogP contribution >= 0.6 is 11.8 Å². The Balaban J connectivity index is 2.98. The van der Waals surface area contributed by atoms with Crippen LogP contribution in [0.25, 0.3) is 0 Å². The Morgan fingerprint density at radius 3 is 2.17 bits per heavy atom. The lowest BCUT2D eigenvalue weighted by molar-refractivity contribution is -0.143. The molecule has 0 saturated carbocycles. The van der Waals surface area contributed by atoms with Gasteiger partial charge in [-0.25, -0.2) is 9.78 Å². The highest BCUT2D eigenvalue weighted by Crippen LogP contribution is 2.08. The number of aromatic amines is 1. The van der Waals surface area contributed by atoms with Crippen molar-refractivity contribution in [2.24, 2.45) is 11.7 Å². The minimum atomic E-state index is -1.57. The van der Waals surface area contributed by atoms with Crippen LogP contribution in [0.3, 0.4) is 0 Å². The van der Waals surface area contributed by atoms with E-state index in [1.165, 1.54) is 24.3 Å². The number of imidazole rings is 1. The lowest BCUT2D eigenvalue weighted by Gasteiger charge is -2.25. The molecule has 0 bridgehead atoms. The van der Waals surface area contributed by atoms with E-state index in [1.54, 1.807) is 6.92 Å². The predicted octanol–water partition coefficient (Wildman–Crippen LogP) is -0.908. The molecule has 0 aliphatic carbocycles. The van der Waals surface area contributed by atoms with Crippen LogP contribution in [-0.4, -0.2) is 86.0 Å². The van der Waals surface area contributed by atoms with Gasteiger partial charge in [0.05, 0.1) is 18.8 Å². The Kier molecular flexibility index (Phi) is 12.8. The molecule has 0 aliphatic heterocycles. The first-order valence-corrected chi connectivity index (χ1v) is 12.5. The number of aliphatic carboxylic acids is 2. The summed E-state index contributed by atoms with van der Waals surface area (Å²) >= 11 is 1.43. The van der Waals surface area contributed by atoms with E-state index in [-0.39, 0.29) is 18.8 Å². The molecule has 13 nitrogen and oxygen atoms in total. The van der Waals surface area contributed by atoms with Crippen LogP contribution in [0, 0.1) is 5.92 Å². The molecule has 1 aromatic heterocycles. The zero-order valence-corrected chi connectivity index (χ0v) is 20.8. The second-order valence-electron chi connectivity index (χ2n) is 8.09. The molecule has 196 valence electrons. The van der Waals surface area contributed by atoms with E-state index < -0.39 is 60.2 Å². The Labute approximate surface area is 207 Å². The van der Waals surface area contributed by atoms with Crippen LogP contribution in [0.5, 0.6) is 0 Å². The summed E-state index contributed by atoms with van der Waals surface area (Å²) in [4.78, 5) is 67.7. The molecule has 0 fully saturated rings. The van der Waals surface area contributed by atoms with Crippen molar-refractivity contribution >= 4 is 41.4 Å². The van der Waals surface area contributed by atoms with Gasteiger partial charge in [0.15, 0.2) is 0 Å². The molecule has 1 rings (SSSR count). The van der Waals surface area contributed by atoms with E-state index in [0.717, 1.165) is 0 Å². The molecule has 0 spiro atoms. The van der Waals surface area contributed by atoms with Gasteiger partial charge in [-0.3, -0.25) is 19.2 Å². The summed E-state index contributed by atoms with van der Waals surface area (Å²) < 4.78 is 0. The minimum Gasteiger partial charge on any atom is -0.481 e. The number of rotatable bonds is 16. The van der Waals surface area contributed by atoms with Gasteiger partial charge < -0.3 is 36.9 Å². The van der Waals surface area contributed by atoms with Crippen LogP contribution < -0.4 is 21.7 Å². The largest absolute Gasteiger partial charge is 0.481 e. The van der Waals surface area contributed by atoms with Crippen molar-refractivity contribution < 1.29 is 34.2 Å². The summed E-state index contributed by atoms with van der Waals surface area (Å²) in [5, 5.41) is 25.9. The number of H-pyrrole nitrogens is 1. The van der Waals surface area contributed by atoms with Crippen molar-refractivity contribution in [3.05, 3.63) is 18.2 Å². The third-order valence-electron chi connectivity index (χ3n) is 5.41.